The van der Waals surface area contributed by atoms with E-state index in [0.717, 1.165) is 18.5 Å². The third kappa shape index (κ3) is 4.10. The maximum absolute atomic E-state index is 14.0. The lowest BCUT2D eigenvalue weighted by atomic mass is 9.96. The van der Waals surface area contributed by atoms with Crippen molar-refractivity contribution in [2.45, 2.75) is 33.1 Å². The fraction of sp³-hybridized carbons (Fsp3) is 0.217. The summed E-state index contributed by atoms with van der Waals surface area (Å²) in [7, 11) is 0. The van der Waals surface area contributed by atoms with Crippen LogP contribution in [-0.4, -0.2) is 19.9 Å². The average Bonchev–Trinajstić information content (AvgIpc) is 3.36. The number of aryl methyl sites for hydroxylation is 2. The summed E-state index contributed by atoms with van der Waals surface area (Å²) in [5.41, 5.74) is 6.05. The van der Waals surface area contributed by atoms with Crippen molar-refractivity contribution in [2.24, 2.45) is 0 Å². The highest BCUT2D eigenvalue weighted by Crippen LogP contribution is 2.23. The van der Waals surface area contributed by atoms with Crippen molar-refractivity contribution >= 4 is 11.6 Å². The Kier molecular flexibility index (Phi) is 5.49. The van der Waals surface area contributed by atoms with Gasteiger partial charge in [0.2, 0.25) is 0 Å². The number of nitrogens with zero attached hydrogens (tertiary/aromatic N) is 2. The molecule has 0 amide bonds. The molecule has 29 heavy (non-hydrogen) atoms. The summed E-state index contributed by atoms with van der Waals surface area (Å²) in [6, 6.07) is 11.1. The molecule has 0 bridgehead atoms. The molecule has 0 aliphatic heterocycles. The number of H-pyrrole nitrogens is 2. The maximum Gasteiger partial charge on any atom is 0.173 e. The first-order valence-corrected chi connectivity index (χ1v) is 10.0. The molecule has 0 saturated carbocycles. The second kappa shape index (κ2) is 8.21. The summed E-state index contributed by atoms with van der Waals surface area (Å²) in [5, 5.41) is 0.403. The smallest absolute Gasteiger partial charge is 0.173 e. The molecule has 0 aliphatic rings. The van der Waals surface area contributed by atoms with Gasteiger partial charge in [-0.3, -0.25) is 0 Å². The van der Waals surface area contributed by atoms with E-state index in [2.05, 4.69) is 47.0 Å². The molecule has 6 heteroatoms. The van der Waals surface area contributed by atoms with E-state index in [1.54, 1.807) is 18.3 Å². The molecule has 148 valence electrons. The quantitative estimate of drug-likeness (QED) is 0.433. The predicted octanol–water partition coefficient (Wildman–Crippen LogP) is 5.64. The summed E-state index contributed by atoms with van der Waals surface area (Å²) < 4.78 is 14.0. The largest absolute Gasteiger partial charge is 0.342 e. The number of benzene rings is 2. The molecule has 2 heterocycles. The fourth-order valence-corrected chi connectivity index (χ4v) is 3.78. The predicted molar refractivity (Wildman–Crippen MR) is 114 cm³/mol. The number of hydrogen-bond donors (Lipinski definition) is 2. The Morgan fingerprint density at radius 1 is 0.897 bits per heavy atom. The average molecular weight is 409 g/mol. The van der Waals surface area contributed by atoms with Crippen LogP contribution >= 0.6 is 11.6 Å². The molecular weight excluding hydrogens is 387 g/mol. The third-order valence-corrected chi connectivity index (χ3v) is 5.51. The Bertz CT molecular complexity index is 1130. The van der Waals surface area contributed by atoms with Gasteiger partial charge in [-0.15, -0.1) is 0 Å². The van der Waals surface area contributed by atoms with E-state index in [1.165, 1.54) is 22.8 Å². The van der Waals surface area contributed by atoms with Crippen LogP contribution < -0.4 is 0 Å². The van der Waals surface area contributed by atoms with Crippen molar-refractivity contribution in [3.05, 3.63) is 93.3 Å². The Morgan fingerprint density at radius 3 is 2.14 bits per heavy atom. The molecule has 4 nitrogen and oxygen atoms in total. The lowest BCUT2D eigenvalue weighted by molar-refractivity contribution is 0.613. The maximum atomic E-state index is 14.0. The summed E-state index contributed by atoms with van der Waals surface area (Å²) >= 11 is 6.12. The van der Waals surface area contributed by atoms with E-state index in [9.17, 15) is 4.39 Å². The van der Waals surface area contributed by atoms with Crippen LogP contribution in [0.1, 0.15) is 40.6 Å². The van der Waals surface area contributed by atoms with Crippen LogP contribution in [-0.2, 0) is 19.3 Å². The van der Waals surface area contributed by atoms with Gasteiger partial charge in [0, 0.05) is 35.8 Å². The van der Waals surface area contributed by atoms with E-state index in [0.29, 0.717) is 34.3 Å². The van der Waals surface area contributed by atoms with Gasteiger partial charge in [-0.1, -0.05) is 42.8 Å². The number of aromatic nitrogens is 4. The van der Waals surface area contributed by atoms with Gasteiger partial charge in [0.05, 0.1) is 11.4 Å². The summed E-state index contributed by atoms with van der Waals surface area (Å²) in [4.78, 5) is 15.6. The second-order valence-electron chi connectivity index (χ2n) is 7.10. The van der Waals surface area contributed by atoms with Gasteiger partial charge in [0.25, 0.3) is 0 Å². The summed E-state index contributed by atoms with van der Waals surface area (Å²) in [5.74, 6) is 0.962. The number of halogens is 2. The summed E-state index contributed by atoms with van der Waals surface area (Å²) in [6.45, 7) is 4.30. The van der Waals surface area contributed by atoms with Gasteiger partial charge in [-0.05, 0) is 42.2 Å². The van der Waals surface area contributed by atoms with Crippen LogP contribution in [0.15, 0.2) is 48.8 Å². The Hall–Kier alpha value is -2.92. The van der Waals surface area contributed by atoms with Gasteiger partial charge >= 0.3 is 0 Å². The van der Waals surface area contributed by atoms with Gasteiger partial charge in [-0.25, -0.2) is 14.4 Å². The van der Waals surface area contributed by atoms with Crippen LogP contribution in [0.3, 0.4) is 0 Å². The molecule has 0 radical (unpaired) electrons. The minimum Gasteiger partial charge on any atom is -0.342 e. The zero-order chi connectivity index (χ0) is 20.4. The van der Waals surface area contributed by atoms with Crippen molar-refractivity contribution in [3.8, 4) is 11.6 Å². The fourth-order valence-electron chi connectivity index (χ4n) is 3.55. The first-order chi connectivity index (χ1) is 14.0. The second-order valence-corrected chi connectivity index (χ2v) is 7.51. The van der Waals surface area contributed by atoms with Crippen LogP contribution in [0.2, 0.25) is 5.02 Å². The van der Waals surface area contributed by atoms with Gasteiger partial charge < -0.3 is 9.97 Å². The SMILES string of the molecule is CCc1cccc(C)c1Cc1c[nH]c(-c2nc(Cc3c(F)cccc3Cl)c[nH]2)n1. The first-order valence-electron chi connectivity index (χ1n) is 9.64. The molecule has 0 saturated heterocycles. The normalized spacial score (nSPS) is 11.2. The van der Waals surface area contributed by atoms with Crippen LogP contribution in [0.5, 0.6) is 0 Å². The van der Waals surface area contributed by atoms with Crippen molar-refractivity contribution in [2.75, 3.05) is 0 Å². The molecule has 4 rings (SSSR count). The Morgan fingerprint density at radius 2 is 1.52 bits per heavy atom. The monoisotopic (exact) mass is 408 g/mol. The number of imidazole rings is 2. The zero-order valence-corrected chi connectivity index (χ0v) is 17.1. The van der Waals surface area contributed by atoms with Crippen LogP contribution in [0.4, 0.5) is 4.39 Å². The van der Waals surface area contributed by atoms with E-state index in [-0.39, 0.29) is 5.82 Å². The molecule has 0 fully saturated rings. The number of rotatable bonds is 6. The van der Waals surface area contributed by atoms with E-state index < -0.39 is 0 Å². The van der Waals surface area contributed by atoms with E-state index in [1.807, 2.05) is 6.20 Å². The molecule has 0 aliphatic carbocycles. The molecule has 4 aromatic rings. The number of hydrogen-bond acceptors (Lipinski definition) is 2. The molecule has 0 unspecified atom stereocenters. The zero-order valence-electron chi connectivity index (χ0n) is 16.4. The molecule has 2 aromatic carbocycles. The van der Waals surface area contributed by atoms with Crippen LogP contribution in [0.25, 0.3) is 11.6 Å². The molecule has 0 atom stereocenters. The lowest BCUT2D eigenvalue weighted by Crippen LogP contribution is -1.98. The van der Waals surface area contributed by atoms with Gasteiger partial charge in [-0.2, -0.15) is 0 Å². The number of aromatic amines is 2. The van der Waals surface area contributed by atoms with Gasteiger partial charge in [0.15, 0.2) is 11.6 Å². The molecule has 2 N–H and O–H groups in total. The van der Waals surface area contributed by atoms with E-state index >= 15 is 0 Å². The van der Waals surface area contributed by atoms with E-state index in [4.69, 9.17) is 16.6 Å². The molecular formula is C23H22ClFN4. The minimum atomic E-state index is -0.327. The minimum absolute atomic E-state index is 0.318. The van der Waals surface area contributed by atoms with Crippen molar-refractivity contribution < 1.29 is 4.39 Å². The van der Waals surface area contributed by atoms with Gasteiger partial charge in [0.1, 0.15) is 5.82 Å². The highest BCUT2D eigenvalue weighted by Gasteiger charge is 2.14. The summed E-state index contributed by atoms with van der Waals surface area (Å²) in [6.07, 6.45) is 5.76. The standard InChI is InChI=1S/C23H22ClFN4/c1-3-15-7-4-6-14(2)18(15)10-16-12-26-22(28-16)23-27-13-17(29-23)11-19-20(24)8-5-9-21(19)25/h4-9,12-13H,3,10-11H2,1-2H3,(H,26,28)(H,27,29). The van der Waals surface area contributed by atoms with Crippen molar-refractivity contribution in [3.63, 3.8) is 0 Å². The Balaban J connectivity index is 1.54. The number of nitrogens with one attached hydrogen (secondary N) is 2. The highest BCUT2D eigenvalue weighted by molar-refractivity contribution is 6.31. The van der Waals surface area contributed by atoms with Crippen LogP contribution in [0, 0.1) is 12.7 Å². The van der Waals surface area contributed by atoms with Crippen molar-refractivity contribution in [1.82, 2.24) is 19.9 Å². The lowest BCUT2D eigenvalue weighted by Gasteiger charge is -2.09. The highest BCUT2D eigenvalue weighted by atomic mass is 35.5. The molecule has 0 spiro atoms. The third-order valence-electron chi connectivity index (χ3n) is 5.15. The Labute approximate surface area is 174 Å². The molecule has 2 aromatic heterocycles. The first kappa shape index (κ1) is 19.4. The topological polar surface area (TPSA) is 57.4 Å². The van der Waals surface area contributed by atoms with Crippen molar-refractivity contribution in [1.29, 1.82) is 0 Å².